The number of quaternary nitrogens is 1. The summed E-state index contributed by atoms with van der Waals surface area (Å²) < 4.78 is 20.1. The van der Waals surface area contributed by atoms with Crippen molar-refractivity contribution in [1.29, 1.82) is 0 Å². The largest absolute Gasteiger partial charge is 0.366 e. The van der Waals surface area contributed by atoms with Crippen LogP contribution >= 0.6 is 11.6 Å². The lowest BCUT2D eigenvalue weighted by Crippen LogP contribution is -2.64. The van der Waals surface area contributed by atoms with Gasteiger partial charge in [0.05, 0.1) is 13.2 Å². The SMILES string of the molecule is CC[N+]1(c2ccc(Cl)cc2)C[C@@H](Cc2ccc(F)cc2)OC[C@@H]1C. The van der Waals surface area contributed by atoms with Crippen LogP contribution in [0.1, 0.15) is 19.4 Å². The predicted octanol–water partition coefficient (Wildman–Crippen LogP) is 4.84. The number of benzene rings is 2. The van der Waals surface area contributed by atoms with Crippen molar-refractivity contribution in [2.45, 2.75) is 32.4 Å². The molecule has 0 radical (unpaired) electrons. The highest BCUT2D eigenvalue weighted by molar-refractivity contribution is 6.30. The standard InChI is InChI=1S/C20H24ClFNO/c1-3-23(19-10-6-17(21)7-11-19)13-20(24-14-15(23)2)12-16-4-8-18(22)9-5-16/h4-11,15,20H,3,12-14H2,1-2H3/q+1/t15-,20+,23?/m0/s1. The van der Waals surface area contributed by atoms with E-state index in [4.69, 9.17) is 16.3 Å². The summed E-state index contributed by atoms with van der Waals surface area (Å²) in [6, 6.07) is 15.3. The van der Waals surface area contributed by atoms with Crippen LogP contribution in [0.2, 0.25) is 5.02 Å². The van der Waals surface area contributed by atoms with E-state index in [-0.39, 0.29) is 11.9 Å². The Morgan fingerprint density at radius 2 is 1.79 bits per heavy atom. The average molecular weight is 349 g/mol. The molecule has 128 valence electrons. The summed E-state index contributed by atoms with van der Waals surface area (Å²) in [5.41, 5.74) is 2.39. The van der Waals surface area contributed by atoms with Crippen LogP contribution < -0.4 is 4.48 Å². The molecular weight excluding hydrogens is 325 g/mol. The lowest BCUT2D eigenvalue weighted by Gasteiger charge is -2.48. The Bertz CT molecular complexity index is 673. The first kappa shape index (κ1) is 17.4. The molecule has 1 aliphatic heterocycles. The van der Waals surface area contributed by atoms with Crippen LogP contribution in [0.25, 0.3) is 0 Å². The monoisotopic (exact) mass is 348 g/mol. The minimum Gasteiger partial charge on any atom is -0.366 e. The van der Waals surface area contributed by atoms with E-state index < -0.39 is 0 Å². The number of likely N-dealkylation sites (N-methyl/N-ethyl adjacent to an activating group) is 1. The number of rotatable bonds is 4. The van der Waals surface area contributed by atoms with Gasteiger partial charge in [-0.15, -0.1) is 0 Å². The van der Waals surface area contributed by atoms with Crippen LogP contribution in [-0.4, -0.2) is 31.8 Å². The highest BCUT2D eigenvalue weighted by atomic mass is 35.5. The van der Waals surface area contributed by atoms with E-state index in [2.05, 4.69) is 26.0 Å². The van der Waals surface area contributed by atoms with Crippen molar-refractivity contribution in [3.8, 4) is 0 Å². The molecular formula is C20H24ClFNO+. The predicted molar refractivity (Wildman–Crippen MR) is 98.0 cm³/mol. The fraction of sp³-hybridized carbons (Fsp3) is 0.400. The van der Waals surface area contributed by atoms with Gasteiger partial charge in [-0.05, 0) is 43.7 Å². The Morgan fingerprint density at radius 3 is 2.42 bits per heavy atom. The van der Waals surface area contributed by atoms with Gasteiger partial charge in [0.2, 0.25) is 0 Å². The molecule has 0 saturated carbocycles. The number of halogens is 2. The third-order valence-electron chi connectivity index (χ3n) is 5.23. The molecule has 1 aliphatic rings. The Hall–Kier alpha value is -1.42. The molecule has 2 nitrogen and oxygen atoms in total. The van der Waals surface area contributed by atoms with E-state index in [1.165, 1.54) is 17.8 Å². The molecule has 0 spiro atoms. The van der Waals surface area contributed by atoms with Gasteiger partial charge < -0.3 is 4.74 Å². The Morgan fingerprint density at radius 1 is 1.12 bits per heavy atom. The van der Waals surface area contributed by atoms with Crippen molar-refractivity contribution in [3.63, 3.8) is 0 Å². The molecule has 1 saturated heterocycles. The third kappa shape index (κ3) is 3.49. The van der Waals surface area contributed by atoms with E-state index in [0.29, 0.717) is 6.04 Å². The molecule has 3 rings (SSSR count). The minimum absolute atomic E-state index is 0.127. The maximum atomic E-state index is 13.1. The second kappa shape index (κ2) is 7.22. The van der Waals surface area contributed by atoms with Crippen molar-refractivity contribution in [2.75, 3.05) is 19.7 Å². The van der Waals surface area contributed by atoms with Gasteiger partial charge in [0.1, 0.15) is 30.2 Å². The van der Waals surface area contributed by atoms with Gasteiger partial charge in [-0.3, -0.25) is 4.48 Å². The zero-order valence-corrected chi connectivity index (χ0v) is 15.0. The summed E-state index contributed by atoms with van der Waals surface area (Å²) in [6.07, 6.45) is 0.933. The van der Waals surface area contributed by atoms with E-state index in [0.717, 1.165) is 41.2 Å². The van der Waals surface area contributed by atoms with Crippen molar-refractivity contribution < 1.29 is 9.13 Å². The summed E-state index contributed by atoms with van der Waals surface area (Å²) in [7, 11) is 0. The number of ether oxygens (including phenoxy) is 1. The number of hydrogen-bond acceptors (Lipinski definition) is 1. The Kier molecular flexibility index (Phi) is 5.24. The quantitative estimate of drug-likeness (QED) is 0.719. The first-order valence-electron chi connectivity index (χ1n) is 8.52. The van der Waals surface area contributed by atoms with E-state index in [1.807, 2.05) is 24.3 Å². The fourth-order valence-electron chi connectivity index (χ4n) is 3.74. The normalized spacial score (nSPS) is 27.2. The van der Waals surface area contributed by atoms with Gasteiger partial charge in [-0.25, -0.2) is 4.39 Å². The molecule has 0 N–H and O–H groups in total. The smallest absolute Gasteiger partial charge is 0.133 e. The molecule has 0 aromatic heterocycles. The van der Waals surface area contributed by atoms with Crippen LogP contribution in [0.15, 0.2) is 48.5 Å². The molecule has 1 heterocycles. The van der Waals surface area contributed by atoms with Crippen LogP contribution in [0.5, 0.6) is 0 Å². The third-order valence-corrected chi connectivity index (χ3v) is 5.48. The minimum atomic E-state index is -0.197. The number of hydrogen-bond donors (Lipinski definition) is 0. The van der Waals surface area contributed by atoms with Gasteiger partial charge in [0.15, 0.2) is 0 Å². The van der Waals surface area contributed by atoms with E-state index in [1.54, 1.807) is 0 Å². The molecule has 0 amide bonds. The van der Waals surface area contributed by atoms with Gasteiger partial charge in [-0.1, -0.05) is 23.7 Å². The van der Waals surface area contributed by atoms with Crippen LogP contribution in [0.4, 0.5) is 10.1 Å². The first-order chi connectivity index (χ1) is 11.5. The second-order valence-corrected chi connectivity index (χ2v) is 7.08. The average Bonchev–Trinajstić information content (AvgIpc) is 2.59. The molecule has 4 heteroatoms. The summed E-state index contributed by atoms with van der Waals surface area (Å²) in [5, 5.41) is 0.761. The second-order valence-electron chi connectivity index (χ2n) is 6.64. The number of morpholine rings is 1. The lowest BCUT2D eigenvalue weighted by atomic mass is 10.0. The van der Waals surface area contributed by atoms with Gasteiger partial charge >= 0.3 is 0 Å². The Balaban J connectivity index is 1.83. The molecule has 1 unspecified atom stereocenters. The highest BCUT2D eigenvalue weighted by Crippen LogP contribution is 2.32. The van der Waals surface area contributed by atoms with Crippen LogP contribution in [-0.2, 0) is 11.2 Å². The molecule has 2 aromatic carbocycles. The van der Waals surface area contributed by atoms with Crippen molar-refractivity contribution in [3.05, 3.63) is 64.9 Å². The maximum Gasteiger partial charge on any atom is 0.133 e. The van der Waals surface area contributed by atoms with Gasteiger partial charge in [0, 0.05) is 23.6 Å². The Labute approximate surface area is 148 Å². The molecule has 0 aliphatic carbocycles. The van der Waals surface area contributed by atoms with Gasteiger partial charge in [0.25, 0.3) is 0 Å². The van der Waals surface area contributed by atoms with Crippen molar-refractivity contribution in [1.82, 2.24) is 4.48 Å². The first-order valence-corrected chi connectivity index (χ1v) is 8.90. The molecule has 3 atom stereocenters. The van der Waals surface area contributed by atoms with E-state index >= 15 is 0 Å². The van der Waals surface area contributed by atoms with Crippen LogP contribution in [0, 0.1) is 5.82 Å². The topological polar surface area (TPSA) is 9.23 Å². The summed E-state index contributed by atoms with van der Waals surface area (Å²) in [6.45, 7) is 7.11. The molecule has 1 fully saturated rings. The van der Waals surface area contributed by atoms with Crippen molar-refractivity contribution in [2.24, 2.45) is 0 Å². The fourth-order valence-corrected chi connectivity index (χ4v) is 3.87. The zero-order chi connectivity index (χ0) is 17.2. The summed E-state index contributed by atoms with van der Waals surface area (Å²) >= 11 is 6.06. The number of nitrogens with zero attached hydrogens (tertiary/aromatic N) is 1. The van der Waals surface area contributed by atoms with Gasteiger partial charge in [-0.2, -0.15) is 0 Å². The van der Waals surface area contributed by atoms with Crippen LogP contribution in [0.3, 0.4) is 0 Å². The lowest BCUT2D eigenvalue weighted by molar-refractivity contribution is -0.0518. The molecule has 2 aromatic rings. The molecule has 0 bridgehead atoms. The van der Waals surface area contributed by atoms with Crippen molar-refractivity contribution >= 4 is 17.3 Å². The van der Waals surface area contributed by atoms with E-state index in [9.17, 15) is 4.39 Å². The highest BCUT2D eigenvalue weighted by Gasteiger charge is 2.42. The zero-order valence-electron chi connectivity index (χ0n) is 14.2. The molecule has 24 heavy (non-hydrogen) atoms. The summed E-state index contributed by atoms with van der Waals surface area (Å²) in [5.74, 6) is -0.197. The maximum absolute atomic E-state index is 13.1. The summed E-state index contributed by atoms with van der Waals surface area (Å²) in [4.78, 5) is 0.